The van der Waals surface area contributed by atoms with E-state index in [4.69, 9.17) is 4.74 Å². The minimum atomic E-state index is -1.18. The molecule has 0 radical (unpaired) electrons. The molecule has 22 heavy (non-hydrogen) atoms. The van der Waals surface area contributed by atoms with Crippen LogP contribution in [0.3, 0.4) is 0 Å². The number of likely N-dealkylation sites (tertiary alicyclic amines) is 1. The molecular formula is C16H25N3O3. The van der Waals surface area contributed by atoms with Crippen LogP contribution in [0.25, 0.3) is 0 Å². The zero-order chi connectivity index (χ0) is 17.0. The topological polar surface area (TPSA) is 73.6 Å². The number of rotatable bonds is 3. The van der Waals surface area contributed by atoms with Crippen LogP contribution in [0, 0.1) is 16.7 Å². The Hall–Kier alpha value is -2.03. The highest BCUT2D eigenvalue weighted by molar-refractivity contribution is 5.97. The molecule has 0 aliphatic carbocycles. The molecule has 0 bridgehead atoms. The minimum absolute atomic E-state index is 0.0784. The Kier molecular flexibility index (Phi) is 5.59. The first kappa shape index (κ1) is 18.0. The van der Waals surface area contributed by atoms with Gasteiger partial charge in [0, 0.05) is 26.8 Å². The molecule has 122 valence electrons. The second-order valence-electron chi connectivity index (χ2n) is 6.84. The largest absolute Gasteiger partial charge is 0.444 e. The molecule has 1 aliphatic heterocycles. The highest BCUT2D eigenvalue weighted by Crippen LogP contribution is 2.31. The van der Waals surface area contributed by atoms with Gasteiger partial charge in [0.05, 0.1) is 12.6 Å². The van der Waals surface area contributed by atoms with E-state index < -0.39 is 17.1 Å². The van der Waals surface area contributed by atoms with Crippen molar-refractivity contribution in [2.75, 3.05) is 27.2 Å². The maximum Gasteiger partial charge on any atom is 0.410 e. The van der Waals surface area contributed by atoms with Gasteiger partial charge >= 0.3 is 6.09 Å². The molecule has 1 rings (SSSR count). The third-order valence-electron chi connectivity index (χ3n) is 3.35. The molecule has 6 heteroatoms. The molecule has 1 heterocycles. The van der Waals surface area contributed by atoms with Gasteiger partial charge < -0.3 is 14.5 Å². The Morgan fingerprint density at radius 3 is 2.50 bits per heavy atom. The molecule has 1 atom stereocenters. The number of allylic oxidation sites excluding steroid dienone is 1. The van der Waals surface area contributed by atoms with Crippen LogP contribution in [0.4, 0.5) is 4.79 Å². The van der Waals surface area contributed by atoms with Gasteiger partial charge in [-0.1, -0.05) is 0 Å². The molecule has 0 saturated carbocycles. The highest BCUT2D eigenvalue weighted by atomic mass is 16.6. The third-order valence-corrected chi connectivity index (χ3v) is 3.35. The first-order valence-electron chi connectivity index (χ1n) is 7.38. The predicted molar refractivity (Wildman–Crippen MR) is 82.9 cm³/mol. The smallest absolute Gasteiger partial charge is 0.410 e. The lowest BCUT2D eigenvalue weighted by atomic mass is 9.77. The van der Waals surface area contributed by atoms with Crippen LogP contribution in [0.1, 0.15) is 33.6 Å². The van der Waals surface area contributed by atoms with E-state index in [1.54, 1.807) is 46.0 Å². The number of carbonyl (C=O) groups excluding carboxylic acids is 2. The number of nitrogens with zero attached hydrogens (tertiary/aromatic N) is 3. The molecule has 0 spiro atoms. The molecule has 0 aromatic heterocycles. The monoisotopic (exact) mass is 307 g/mol. The van der Waals surface area contributed by atoms with Crippen molar-refractivity contribution >= 4 is 11.9 Å². The summed E-state index contributed by atoms with van der Waals surface area (Å²) in [6, 6.07) is 2.12. The summed E-state index contributed by atoms with van der Waals surface area (Å²) in [5.74, 6) is -0.267. The van der Waals surface area contributed by atoms with Crippen molar-refractivity contribution < 1.29 is 14.3 Å². The number of amides is 1. The van der Waals surface area contributed by atoms with Gasteiger partial charge in [-0.15, -0.1) is 0 Å². The summed E-state index contributed by atoms with van der Waals surface area (Å²) in [5, 5.41) is 9.51. The van der Waals surface area contributed by atoms with Crippen LogP contribution in [-0.2, 0) is 9.53 Å². The molecule has 1 saturated heterocycles. The lowest BCUT2D eigenvalue weighted by Gasteiger charge is -2.37. The van der Waals surface area contributed by atoms with Gasteiger partial charge in [0.15, 0.2) is 5.78 Å². The number of nitriles is 1. The van der Waals surface area contributed by atoms with Gasteiger partial charge in [-0.3, -0.25) is 4.79 Å². The fraction of sp³-hybridized carbons (Fsp3) is 0.688. The van der Waals surface area contributed by atoms with Gasteiger partial charge in [0.25, 0.3) is 0 Å². The Labute approximate surface area is 132 Å². The van der Waals surface area contributed by atoms with E-state index in [0.717, 1.165) is 0 Å². The van der Waals surface area contributed by atoms with Crippen molar-refractivity contribution in [1.29, 1.82) is 5.26 Å². The lowest BCUT2D eigenvalue weighted by molar-refractivity contribution is -0.123. The molecule has 1 aliphatic rings. The van der Waals surface area contributed by atoms with Crippen molar-refractivity contribution in [2.45, 2.75) is 39.2 Å². The normalized spacial score (nSPS) is 22.3. The zero-order valence-electron chi connectivity index (χ0n) is 14.0. The van der Waals surface area contributed by atoms with Gasteiger partial charge in [-0.2, -0.15) is 5.26 Å². The molecular weight excluding hydrogens is 282 g/mol. The molecule has 0 aromatic rings. The van der Waals surface area contributed by atoms with Crippen molar-refractivity contribution in [3.05, 3.63) is 12.3 Å². The maximum absolute atomic E-state index is 12.4. The first-order chi connectivity index (χ1) is 10.1. The summed E-state index contributed by atoms with van der Waals surface area (Å²) >= 11 is 0. The lowest BCUT2D eigenvalue weighted by Crippen LogP contribution is -2.50. The van der Waals surface area contributed by atoms with Crippen LogP contribution < -0.4 is 0 Å². The van der Waals surface area contributed by atoms with Crippen molar-refractivity contribution in [2.24, 2.45) is 5.41 Å². The summed E-state index contributed by atoms with van der Waals surface area (Å²) in [6.45, 7) is 5.95. The number of piperidine rings is 1. The summed E-state index contributed by atoms with van der Waals surface area (Å²) < 4.78 is 5.33. The van der Waals surface area contributed by atoms with Crippen LogP contribution in [0.15, 0.2) is 12.3 Å². The fourth-order valence-corrected chi connectivity index (χ4v) is 2.26. The Bertz CT molecular complexity index is 500. The Morgan fingerprint density at radius 1 is 1.36 bits per heavy atom. The highest BCUT2D eigenvalue weighted by Gasteiger charge is 2.43. The van der Waals surface area contributed by atoms with E-state index in [1.165, 1.54) is 11.0 Å². The number of ether oxygens (including phenoxy) is 1. The number of ketones is 1. The standard InChI is InChI=1S/C16H25N3O3/c1-15(2,3)22-14(21)19-9-6-8-16(11-17,12-19)13(20)7-10-18(4)5/h7,10H,6,8-9,12H2,1-5H3/b10-7+. The molecule has 0 N–H and O–H groups in total. The van der Waals surface area contributed by atoms with Crippen LogP contribution in [0.2, 0.25) is 0 Å². The molecule has 1 amide bonds. The van der Waals surface area contributed by atoms with Gasteiger partial charge in [-0.25, -0.2) is 4.79 Å². The minimum Gasteiger partial charge on any atom is -0.444 e. The van der Waals surface area contributed by atoms with Gasteiger partial charge in [0.1, 0.15) is 11.0 Å². The molecule has 6 nitrogen and oxygen atoms in total. The number of hydrogen-bond acceptors (Lipinski definition) is 5. The SMILES string of the molecule is CN(C)/C=C/C(=O)C1(C#N)CCCN(C(=O)OC(C)(C)C)C1. The third kappa shape index (κ3) is 4.76. The summed E-state index contributed by atoms with van der Waals surface area (Å²) in [7, 11) is 3.60. The summed E-state index contributed by atoms with van der Waals surface area (Å²) in [4.78, 5) is 27.7. The van der Waals surface area contributed by atoms with Crippen molar-refractivity contribution in [1.82, 2.24) is 9.80 Å². The summed E-state index contributed by atoms with van der Waals surface area (Å²) in [5.41, 5.74) is -1.78. The van der Waals surface area contributed by atoms with Crippen LogP contribution in [-0.4, -0.2) is 54.5 Å². The van der Waals surface area contributed by atoms with E-state index >= 15 is 0 Å². The van der Waals surface area contributed by atoms with E-state index in [9.17, 15) is 14.9 Å². The second-order valence-corrected chi connectivity index (χ2v) is 6.84. The van der Waals surface area contributed by atoms with Crippen LogP contribution in [0.5, 0.6) is 0 Å². The number of carbonyl (C=O) groups is 2. The average molecular weight is 307 g/mol. The van der Waals surface area contributed by atoms with Crippen molar-refractivity contribution in [3.8, 4) is 6.07 Å². The Morgan fingerprint density at radius 2 is 2.00 bits per heavy atom. The second kappa shape index (κ2) is 6.82. The van der Waals surface area contributed by atoms with Crippen molar-refractivity contribution in [3.63, 3.8) is 0 Å². The van der Waals surface area contributed by atoms with Crippen LogP contribution >= 0.6 is 0 Å². The van der Waals surface area contributed by atoms with E-state index in [2.05, 4.69) is 6.07 Å². The summed E-state index contributed by atoms with van der Waals surface area (Å²) in [6.07, 6.45) is 3.61. The predicted octanol–water partition coefficient (Wildman–Crippen LogP) is 2.17. The van der Waals surface area contributed by atoms with E-state index in [-0.39, 0.29) is 12.3 Å². The maximum atomic E-state index is 12.4. The average Bonchev–Trinajstić information content (AvgIpc) is 2.42. The molecule has 1 unspecified atom stereocenters. The molecule has 1 fully saturated rings. The quantitative estimate of drug-likeness (QED) is 0.747. The zero-order valence-corrected chi connectivity index (χ0v) is 14.0. The van der Waals surface area contributed by atoms with Gasteiger partial charge in [-0.05, 0) is 39.7 Å². The van der Waals surface area contributed by atoms with Gasteiger partial charge in [0.2, 0.25) is 0 Å². The number of hydrogen-bond donors (Lipinski definition) is 0. The fourth-order valence-electron chi connectivity index (χ4n) is 2.26. The first-order valence-corrected chi connectivity index (χ1v) is 7.38. The van der Waals surface area contributed by atoms with E-state index in [1.807, 2.05) is 0 Å². The molecule has 0 aromatic carbocycles. The van der Waals surface area contributed by atoms with E-state index in [0.29, 0.717) is 19.4 Å². The Balaban J connectivity index is 2.88.